The van der Waals surface area contributed by atoms with E-state index in [4.69, 9.17) is 5.73 Å². The first kappa shape index (κ1) is 7.17. The quantitative estimate of drug-likeness (QED) is 0.514. The van der Waals surface area contributed by atoms with Gasteiger partial charge in [-0.2, -0.15) is 5.10 Å². The van der Waals surface area contributed by atoms with Gasteiger partial charge >= 0.3 is 6.30 Å². The van der Waals surface area contributed by atoms with Crippen LogP contribution >= 0.6 is 0 Å². The SMILES string of the molecule is NC1=NN(C(F)(F)F)CC1. The van der Waals surface area contributed by atoms with Crippen LogP contribution in [0.1, 0.15) is 6.42 Å². The molecule has 0 atom stereocenters. The second-order valence-corrected chi connectivity index (χ2v) is 1.93. The molecule has 3 nitrogen and oxygen atoms in total. The lowest BCUT2D eigenvalue weighted by molar-refractivity contribution is -0.242. The number of hydrogen-bond acceptors (Lipinski definition) is 3. The minimum atomic E-state index is -4.37. The monoisotopic (exact) mass is 153 g/mol. The predicted octanol–water partition coefficient (Wildman–Crippen LogP) is 0.484. The van der Waals surface area contributed by atoms with Crippen LogP contribution in [0, 0.1) is 0 Å². The lowest BCUT2D eigenvalue weighted by Gasteiger charge is -2.15. The van der Waals surface area contributed by atoms with Crippen molar-refractivity contribution in [3.05, 3.63) is 0 Å². The van der Waals surface area contributed by atoms with Crippen LogP contribution in [0.4, 0.5) is 13.2 Å². The highest BCUT2D eigenvalue weighted by Crippen LogP contribution is 2.23. The first-order valence-electron chi connectivity index (χ1n) is 2.67. The van der Waals surface area contributed by atoms with Gasteiger partial charge in [0, 0.05) is 6.42 Å². The minimum Gasteiger partial charge on any atom is -0.386 e. The Hall–Kier alpha value is -0.940. The summed E-state index contributed by atoms with van der Waals surface area (Å²) in [7, 11) is 0. The van der Waals surface area contributed by atoms with Gasteiger partial charge in [-0.25, -0.2) is 5.01 Å². The van der Waals surface area contributed by atoms with Crippen LogP contribution in [-0.4, -0.2) is 23.7 Å². The van der Waals surface area contributed by atoms with Gasteiger partial charge in [-0.15, -0.1) is 13.2 Å². The molecule has 0 saturated carbocycles. The average Bonchev–Trinajstić information content (AvgIpc) is 2.11. The van der Waals surface area contributed by atoms with Gasteiger partial charge in [0.05, 0.1) is 6.54 Å². The van der Waals surface area contributed by atoms with Crippen molar-refractivity contribution >= 4 is 5.84 Å². The molecule has 1 heterocycles. The highest BCUT2D eigenvalue weighted by molar-refractivity contribution is 5.81. The number of alkyl halides is 3. The molecule has 2 N–H and O–H groups in total. The van der Waals surface area contributed by atoms with Crippen molar-refractivity contribution in [2.75, 3.05) is 6.54 Å². The molecule has 0 aromatic heterocycles. The Bertz CT molecular complexity index is 162. The zero-order valence-electron chi connectivity index (χ0n) is 5.02. The lowest BCUT2D eigenvalue weighted by Crippen LogP contribution is -2.31. The molecule has 0 spiro atoms. The predicted molar refractivity (Wildman–Crippen MR) is 29.0 cm³/mol. The standard InChI is InChI=1S/C4H6F3N3/c5-4(6,7)10-2-1-3(8)9-10/h1-2H2,(H2,8,9). The fourth-order valence-electron chi connectivity index (χ4n) is 0.659. The fourth-order valence-corrected chi connectivity index (χ4v) is 0.659. The molecule has 1 aliphatic heterocycles. The summed E-state index contributed by atoms with van der Waals surface area (Å²) in [6.45, 7) is -0.157. The number of rotatable bonds is 0. The van der Waals surface area contributed by atoms with E-state index >= 15 is 0 Å². The molecule has 58 valence electrons. The van der Waals surface area contributed by atoms with Crippen molar-refractivity contribution in [1.29, 1.82) is 0 Å². The normalized spacial score (nSPS) is 19.5. The summed E-state index contributed by atoms with van der Waals surface area (Å²) < 4.78 is 35.1. The number of hydrogen-bond donors (Lipinski definition) is 1. The van der Waals surface area contributed by atoms with Crippen LogP contribution in [0.15, 0.2) is 5.10 Å². The maximum absolute atomic E-state index is 11.7. The number of nitrogens with two attached hydrogens (primary N) is 1. The summed E-state index contributed by atoms with van der Waals surface area (Å²) in [6, 6.07) is 0. The van der Waals surface area contributed by atoms with Crippen LogP contribution in [0.3, 0.4) is 0 Å². The Morgan fingerprint density at radius 2 is 2.10 bits per heavy atom. The van der Waals surface area contributed by atoms with Gasteiger partial charge in [-0.1, -0.05) is 0 Å². The van der Waals surface area contributed by atoms with Crippen molar-refractivity contribution in [2.24, 2.45) is 10.8 Å². The molecule has 0 saturated heterocycles. The van der Waals surface area contributed by atoms with Crippen molar-refractivity contribution in [1.82, 2.24) is 5.01 Å². The van der Waals surface area contributed by atoms with Crippen molar-refractivity contribution in [2.45, 2.75) is 12.7 Å². The first-order valence-corrected chi connectivity index (χ1v) is 2.67. The molecule has 0 amide bonds. The third-order valence-corrected chi connectivity index (χ3v) is 1.12. The summed E-state index contributed by atoms with van der Waals surface area (Å²) in [4.78, 5) is 0. The third kappa shape index (κ3) is 1.31. The third-order valence-electron chi connectivity index (χ3n) is 1.12. The molecule has 0 radical (unpaired) electrons. The van der Waals surface area contributed by atoms with Crippen LogP contribution in [-0.2, 0) is 0 Å². The molecule has 0 unspecified atom stereocenters. The summed E-state index contributed by atoms with van der Waals surface area (Å²) in [5.41, 5.74) is 5.03. The van der Waals surface area contributed by atoms with Crippen LogP contribution in [0.2, 0.25) is 0 Å². The van der Waals surface area contributed by atoms with Crippen molar-refractivity contribution in [3.8, 4) is 0 Å². The Morgan fingerprint density at radius 1 is 1.50 bits per heavy atom. The molecule has 1 rings (SSSR count). The van der Waals surface area contributed by atoms with E-state index in [9.17, 15) is 13.2 Å². The Kier molecular flexibility index (Phi) is 1.46. The van der Waals surface area contributed by atoms with Gasteiger partial charge in [-0.3, -0.25) is 0 Å². The van der Waals surface area contributed by atoms with E-state index in [1.807, 2.05) is 0 Å². The summed E-state index contributed by atoms with van der Waals surface area (Å²) in [6.07, 6.45) is -4.18. The van der Waals surface area contributed by atoms with Crippen molar-refractivity contribution in [3.63, 3.8) is 0 Å². The molecule has 0 aromatic rings. The molecule has 0 aliphatic carbocycles. The Morgan fingerprint density at radius 3 is 2.30 bits per heavy atom. The van der Waals surface area contributed by atoms with E-state index < -0.39 is 6.30 Å². The zero-order valence-corrected chi connectivity index (χ0v) is 5.02. The van der Waals surface area contributed by atoms with E-state index in [2.05, 4.69) is 5.10 Å². The van der Waals surface area contributed by atoms with Gasteiger partial charge in [0.1, 0.15) is 5.84 Å². The first-order chi connectivity index (χ1) is 4.50. The number of halogens is 3. The average molecular weight is 153 g/mol. The van der Waals surface area contributed by atoms with E-state index in [0.29, 0.717) is 0 Å². The summed E-state index contributed by atoms with van der Waals surface area (Å²) >= 11 is 0. The van der Waals surface area contributed by atoms with Gasteiger partial charge in [0.15, 0.2) is 0 Å². The number of nitrogens with zero attached hydrogens (tertiary/aromatic N) is 2. The van der Waals surface area contributed by atoms with Crippen LogP contribution in [0.25, 0.3) is 0 Å². The molecular formula is C4H6F3N3. The second-order valence-electron chi connectivity index (χ2n) is 1.93. The molecule has 0 aromatic carbocycles. The zero-order chi connectivity index (χ0) is 7.78. The van der Waals surface area contributed by atoms with Crippen LogP contribution in [0.5, 0.6) is 0 Å². The highest BCUT2D eigenvalue weighted by atomic mass is 19.4. The largest absolute Gasteiger partial charge is 0.500 e. The van der Waals surface area contributed by atoms with Gasteiger partial charge < -0.3 is 5.73 Å². The van der Waals surface area contributed by atoms with E-state index in [1.54, 1.807) is 0 Å². The number of hydrazone groups is 1. The van der Waals surface area contributed by atoms with Gasteiger partial charge in [-0.05, 0) is 0 Å². The topological polar surface area (TPSA) is 41.6 Å². The van der Waals surface area contributed by atoms with Crippen LogP contribution < -0.4 is 5.73 Å². The second kappa shape index (κ2) is 2.03. The molecular weight excluding hydrogens is 147 g/mol. The molecule has 0 fully saturated rings. The lowest BCUT2D eigenvalue weighted by atomic mass is 10.4. The Labute approximate surface area is 55.3 Å². The maximum atomic E-state index is 11.7. The number of amidine groups is 1. The highest BCUT2D eigenvalue weighted by Gasteiger charge is 2.38. The van der Waals surface area contributed by atoms with Gasteiger partial charge in [0.2, 0.25) is 0 Å². The molecule has 6 heteroatoms. The summed E-state index contributed by atoms with van der Waals surface area (Å²) in [5.74, 6) is 0.0392. The minimum absolute atomic E-state index is 0.0301. The van der Waals surface area contributed by atoms with E-state index in [0.717, 1.165) is 0 Å². The molecule has 10 heavy (non-hydrogen) atoms. The van der Waals surface area contributed by atoms with Gasteiger partial charge in [0.25, 0.3) is 0 Å². The van der Waals surface area contributed by atoms with E-state index in [1.165, 1.54) is 0 Å². The smallest absolute Gasteiger partial charge is 0.386 e. The molecule has 0 bridgehead atoms. The Balaban J connectivity index is 2.61. The molecule has 1 aliphatic rings. The maximum Gasteiger partial charge on any atom is 0.500 e. The summed E-state index contributed by atoms with van der Waals surface area (Å²) in [5, 5.41) is 3.09. The van der Waals surface area contributed by atoms with E-state index in [-0.39, 0.29) is 23.8 Å². The van der Waals surface area contributed by atoms with Crippen molar-refractivity contribution < 1.29 is 13.2 Å². The fraction of sp³-hybridized carbons (Fsp3) is 0.750.